The molecular formula is C43H85N3O4S. The summed E-state index contributed by atoms with van der Waals surface area (Å²) in [6.45, 7) is 11.4. The van der Waals surface area contributed by atoms with Crippen LogP contribution in [0.3, 0.4) is 0 Å². The molecule has 2 unspecified atom stereocenters. The van der Waals surface area contributed by atoms with E-state index in [0.717, 1.165) is 26.6 Å². The Kier molecular flexibility index (Phi) is 36.2. The van der Waals surface area contributed by atoms with E-state index < -0.39 is 10.4 Å². The van der Waals surface area contributed by atoms with E-state index in [2.05, 4.69) is 66.4 Å². The van der Waals surface area contributed by atoms with Crippen molar-refractivity contribution in [1.29, 1.82) is 0 Å². The molecule has 302 valence electrons. The molecule has 0 aromatic rings. The van der Waals surface area contributed by atoms with Crippen LogP contribution in [0.15, 0.2) is 29.3 Å². The first kappa shape index (κ1) is 49.8. The summed E-state index contributed by atoms with van der Waals surface area (Å²) < 4.78 is 29.7. The SMILES string of the molecule is CCCCCCCC/C=C\CCCCCCCCNC(C)N1CC(C)N=C1CCCCCCCC/C=C\CCCCCCCC.COS(=O)(=O)O. The first-order chi connectivity index (χ1) is 24.7. The van der Waals surface area contributed by atoms with E-state index in [-0.39, 0.29) is 0 Å². The molecule has 0 spiro atoms. The number of hydrogen-bond donors (Lipinski definition) is 2. The molecule has 0 saturated heterocycles. The van der Waals surface area contributed by atoms with Gasteiger partial charge in [-0.15, -0.1) is 0 Å². The molecule has 0 bridgehead atoms. The lowest BCUT2D eigenvalue weighted by atomic mass is 10.1. The maximum atomic E-state index is 9.33. The fourth-order valence-electron chi connectivity index (χ4n) is 6.67. The Morgan fingerprint density at radius 3 is 1.43 bits per heavy atom. The quantitative estimate of drug-likeness (QED) is 0.0382. The molecule has 1 aliphatic rings. The van der Waals surface area contributed by atoms with Crippen molar-refractivity contribution in [2.45, 2.75) is 226 Å². The number of aliphatic imine (C=N–C) groups is 1. The minimum absolute atomic E-state index is 0.408. The summed E-state index contributed by atoms with van der Waals surface area (Å²) in [4.78, 5) is 7.57. The second kappa shape index (κ2) is 37.1. The number of amidine groups is 1. The lowest BCUT2D eigenvalue weighted by molar-refractivity contribution is 0.285. The average Bonchev–Trinajstić information content (AvgIpc) is 3.49. The minimum Gasteiger partial charge on any atom is -0.343 e. The minimum atomic E-state index is -4.16. The van der Waals surface area contributed by atoms with Gasteiger partial charge >= 0.3 is 10.4 Å². The Balaban J connectivity index is 0.00000381. The third kappa shape index (κ3) is 35.6. The van der Waals surface area contributed by atoms with Crippen LogP contribution in [-0.2, 0) is 14.6 Å². The molecule has 8 heteroatoms. The van der Waals surface area contributed by atoms with Crippen molar-refractivity contribution in [3.8, 4) is 0 Å². The van der Waals surface area contributed by atoms with Gasteiger partial charge in [-0.3, -0.25) is 19.0 Å². The molecule has 0 amide bonds. The predicted molar refractivity (Wildman–Crippen MR) is 223 cm³/mol. The molecule has 0 aliphatic carbocycles. The summed E-state index contributed by atoms with van der Waals surface area (Å²) >= 11 is 0. The first-order valence-electron chi connectivity index (χ1n) is 21.6. The van der Waals surface area contributed by atoms with E-state index in [1.807, 2.05) is 0 Å². The van der Waals surface area contributed by atoms with Crippen LogP contribution in [0.4, 0.5) is 0 Å². The Labute approximate surface area is 318 Å². The van der Waals surface area contributed by atoms with Gasteiger partial charge in [-0.05, 0) is 84.6 Å². The molecule has 51 heavy (non-hydrogen) atoms. The van der Waals surface area contributed by atoms with E-state index >= 15 is 0 Å². The number of nitrogens with one attached hydrogen (secondary N) is 1. The van der Waals surface area contributed by atoms with Crippen LogP contribution in [0.1, 0.15) is 214 Å². The van der Waals surface area contributed by atoms with E-state index in [0.29, 0.717) is 12.2 Å². The van der Waals surface area contributed by atoms with Gasteiger partial charge in [0.1, 0.15) is 5.84 Å². The number of nitrogens with zero attached hydrogens (tertiary/aromatic N) is 2. The van der Waals surface area contributed by atoms with Crippen molar-refractivity contribution < 1.29 is 17.2 Å². The zero-order chi connectivity index (χ0) is 37.7. The van der Waals surface area contributed by atoms with Gasteiger partial charge in [0.25, 0.3) is 0 Å². The lowest BCUT2D eigenvalue weighted by Crippen LogP contribution is -2.46. The molecule has 0 radical (unpaired) electrons. The van der Waals surface area contributed by atoms with Gasteiger partial charge in [0.2, 0.25) is 0 Å². The number of rotatable bonds is 35. The van der Waals surface area contributed by atoms with Gasteiger partial charge in [-0.2, -0.15) is 8.42 Å². The maximum absolute atomic E-state index is 9.33. The van der Waals surface area contributed by atoms with Gasteiger partial charge in [-0.1, -0.05) is 154 Å². The van der Waals surface area contributed by atoms with Gasteiger partial charge < -0.3 is 4.90 Å². The fourth-order valence-corrected chi connectivity index (χ4v) is 6.67. The predicted octanol–water partition coefficient (Wildman–Crippen LogP) is 12.9. The molecular weight excluding hydrogens is 655 g/mol. The Morgan fingerprint density at radius 2 is 1.04 bits per heavy atom. The van der Waals surface area contributed by atoms with Gasteiger partial charge in [0.15, 0.2) is 0 Å². The largest absolute Gasteiger partial charge is 0.397 e. The summed E-state index contributed by atoms with van der Waals surface area (Å²) in [5.41, 5.74) is 0. The summed E-state index contributed by atoms with van der Waals surface area (Å²) in [7, 11) is -3.29. The van der Waals surface area contributed by atoms with Crippen LogP contribution in [-0.4, -0.2) is 56.1 Å². The summed E-state index contributed by atoms with van der Waals surface area (Å²) in [5.74, 6) is 1.36. The monoisotopic (exact) mass is 740 g/mol. The number of unbranched alkanes of at least 4 members (excludes halogenated alkanes) is 24. The normalized spacial score (nSPS) is 15.5. The summed E-state index contributed by atoms with van der Waals surface area (Å²) in [6.07, 6.45) is 49.7. The van der Waals surface area contributed by atoms with Gasteiger partial charge in [0.05, 0.1) is 19.3 Å². The Bertz CT molecular complexity index is 938. The van der Waals surface area contributed by atoms with Crippen molar-refractivity contribution in [3.05, 3.63) is 24.3 Å². The third-order valence-electron chi connectivity index (χ3n) is 9.88. The zero-order valence-electron chi connectivity index (χ0n) is 34.4. The van der Waals surface area contributed by atoms with Crippen LogP contribution < -0.4 is 5.32 Å². The van der Waals surface area contributed by atoms with Gasteiger partial charge in [0, 0.05) is 13.0 Å². The van der Waals surface area contributed by atoms with E-state index in [9.17, 15) is 8.42 Å². The number of allylic oxidation sites excluding steroid dienone is 4. The van der Waals surface area contributed by atoms with Crippen molar-refractivity contribution >= 4 is 16.2 Å². The highest BCUT2D eigenvalue weighted by Crippen LogP contribution is 2.18. The Hall–Kier alpha value is -1.22. The highest BCUT2D eigenvalue weighted by atomic mass is 32.3. The van der Waals surface area contributed by atoms with Crippen LogP contribution in [0.25, 0.3) is 0 Å². The van der Waals surface area contributed by atoms with Crippen LogP contribution in [0.5, 0.6) is 0 Å². The fraction of sp³-hybridized carbons (Fsp3) is 0.884. The van der Waals surface area contributed by atoms with Gasteiger partial charge in [-0.25, -0.2) is 0 Å². The zero-order valence-corrected chi connectivity index (χ0v) is 35.2. The van der Waals surface area contributed by atoms with Crippen LogP contribution in [0, 0.1) is 0 Å². The maximum Gasteiger partial charge on any atom is 0.397 e. The van der Waals surface area contributed by atoms with Crippen molar-refractivity contribution in [1.82, 2.24) is 10.2 Å². The molecule has 2 atom stereocenters. The molecule has 1 heterocycles. The van der Waals surface area contributed by atoms with E-state index in [1.165, 1.54) is 186 Å². The van der Waals surface area contributed by atoms with Crippen molar-refractivity contribution in [2.75, 3.05) is 20.2 Å². The lowest BCUT2D eigenvalue weighted by Gasteiger charge is -2.29. The molecule has 0 aromatic carbocycles. The number of hydrogen-bond acceptors (Lipinski definition) is 6. The smallest absolute Gasteiger partial charge is 0.343 e. The average molecular weight is 740 g/mol. The second-order valence-corrected chi connectivity index (χ2v) is 16.1. The molecule has 2 N–H and O–H groups in total. The Morgan fingerprint density at radius 1 is 0.686 bits per heavy atom. The third-order valence-corrected chi connectivity index (χ3v) is 10.3. The highest BCUT2D eigenvalue weighted by Gasteiger charge is 2.25. The van der Waals surface area contributed by atoms with Crippen LogP contribution >= 0.6 is 0 Å². The van der Waals surface area contributed by atoms with Crippen LogP contribution in [0.2, 0.25) is 0 Å². The van der Waals surface area contributed by atoms with Crippen molar-refractivity contribution in [2.24, 2.45) is 4.99 Å². The molecule has 0 aromatic heterocycles. The molecule has 0 saturated carbocycles. The topological polar surface area (TPSA) is 91.2 Å². The summed E-state index contributed by atoms with van der Waals surface area (Å²) in [5, 5.41) is 3.81. The second-order valence-electron chi connectivity index (χ2n) is 14.9. The standard InChI is InChI=1S/C42H81N3.CH4O4S/c1-5-7-9-11-13-15-17-19-21-23-25-27-29-31-33-35-37-42-44-40(3)39-45(42)41(4)43-38-36-34-32-30-28-26-24-22-20-18-16-14-12-10-8-6-2;1-5-6(2,3)4/h19-22,40-41,43H,5-18,23-39H2,1-4H3;1H3,(H,2,3,4)/b21-19-,22-20-;. The van der Waals surface area contributed by atoms with E-state index in [4.69, 9.17) is 9.55 Å². The highest BCUT2D eigenvalue weighted by molar-refractivity contribution is 7.80. The first-order valence-corrected chi connectivity index (χ1v) is 23.0. The molecule has 1 rings (SSSR count). The molecule has 0 fully saturated rings. The molecule has 1 aliphatic heterocycles. The van der Waals surface area contributed by atoms with Crippen molar-refractivity contribution in [3.63, 3.8) is 0 Å². The van der Waals surface area contributed by atoms with E-state index in [1.54, 1.807) is 0 Å². The molecule has 7 nitrogen and oxygen atoms in total. The summed E-state index contributed by atoms with van der Waals surface area (Å²) in [6, 6.07) is 0.448.